The molecule has 2 saturated heterocycles. The van der Waals surface area contributed by atoms with Gasteiger partial charge < -0.3 is 10.2 Å². The molecule has 4 rings (SSSR count). The maximum Gasteiger partial charge on any atom is 0.257 e. The number of amides is 1. The van der Waals surface area contributed by atoms with Gasteiger partial charge in [-0.15, -0.1) is 0 Å². The highest BCUT2D eigenvalue weighted by Crippen LogP contribution is 2.48. The summed E-state index contributed by atoms with van der Waals surface area (Å²) in [4.78, 5) is 14.9. The van der Waals surface area contributed by atoms with Gasteiger partial charge in [-0.2, -0.15) is 5.10 Å². The monoisotopic (exact) mass is 316 g/mol. The minimum absolute atomic E-state index is 0.152. The lowest BCUT2D eigenvalue weighted by molar-refractivity contribution is 0.0770. The summed E-state index contributed by atoms with van der Waals surface area (Å²) in [6.45, 7) is 9.30. The third-order valence-corrected chi connectivity index (χ3v) is 6.65. The molecule has 2 atom stereocenters. The molecule has 3 aliphatic rings. The Morgan fingerprint density at radius 1 is 1.26 bits per heavy atom. The van der Waals surface area contributed by atoms with E-state index in [2.05, 4.69) is 24.3 Å². The minimum atomic E-state index is 0.152. The highest BCUT2D eigenvalue weighted by atomic mass is 16.2. The van der Waals surface area contributed by atoms with Crippen molar-refractivity contribution < 1.29 is 4.79 Å². The molecular formula is C18H28N4O. The predicted octanol–water partition coefficient (Wildman–Crippen LogP) is 2.14. The molecule has 3 heterocycles. The quantitative estimate of drug-likeness (QED) is 0.929. The second-order valence-electron chi connectivity index (χ2n) is 8.49. The van der Waals surface area contributed by atoms with Crippen molar-refractivity contribution in [3.63, 3.8) is 0 Å². The third-order valence-electron chi connectivity index (χ3n) is 6.65. The fourth-order valence-electron chi connectivity index (χ4n) is 4.79. The second-order valence-corrected chi connectivity index (χ2v) is 8.49. The molecule has 0 aromatic carbocycles. The Kier molecular flexibility index (Phi) is 3.52. The van der Waals surface area contributed by atoms with Crippen LogP contribution in [0, 0.1) is 16.7 Å². The van der Waals surface area contributed by atoms with E-state index in [1.165, 1.54) is 25.7 Å². The van der Waals surface area contributed by atoms with Crippen LogP contribution in [0.25, 0.3) is 0 Å². The molecule has 1 aromatic heterocycles. The van der Waals surface area contributed by atoms with Gasteiger partial charge in [0.15, 0.2) is 0 Å². The van der Waals surface area contributed by atoms with Crippen LogP contribution in [0.1, 0.15) is 49.9 Å². The number of likely N-dealkylation sites (tertiary alicyclic amines) is 1. The number of hydrogen-bond donors (Lipinski definition) is 1. The average Bonchev–Trinajstić information content (AvgIpc) is 3.23. The number of fused-ring (bicyclic) bond motifs is 1. The number of hydrogen-bond acceptors (Lipinski definition) is 3. The molecule has 0 unspecified atom stereocenters. The third kappa shape index (κ3) is 2.49. The van der Waals surface area contributed by atoms with E-state index >= 15 is 0 Å². The normalized spacial score (nSPS) is 34.3. The van der Waals surface area contributed by atoms with Gasteiger partial charge in [0.1, 0.15) is 0 Å². The Morgan fingerprint density at radius 2 is 1.91 bits per heavy atom. The zero-order valence-corrected chi connectivity index (χ0v) is 14.3. The molecule has 0 bridgehead atoms. The van der Waals surface area contributed by atoms with E-state index in [0.717, 1.165) is 44.2 Å². The number of rotatable bonds is 3. The van der Waals surface area contributed by atoms with E-state index in [-0.39, 0.29) is 16.7 Å². The van der Waals surface area contributed by atoms with Crippen molar-refractivity contribution in [3.8, 4) is 0 Å². The van der Waals surface area contributed by atoms with E-state index in [0.29, 0.717) is 0 Å². The Hall–Kier alpha value is -1.36. The van der Waals surface area contributed by atoms with Gasteiger partial charge in [-0.05, 0) is 18.8 Å². The smallest absolute Gasteiger partial charge is 0.257 e. The Morgan fingerprint density at radius 3 is 2.57 bits per heavy atom. The van der Waals surface area contributed by atoms with Crippen LogP contribution in [0.4, 0.5) is 0 Å². The molecule has 5 heteroatoms. The molecule has 0 radical (unpaired) electrons. The van der Waals surface area contributed by atoms with E-state index in [1.54, 1.807) is 6.20 Å². The topological polar surface area (TPSA) is 50.2 Å². The van der Waals surface area contributed by atoms with Gasteiger partial charge in [0.05, 0.1) is 11.8 Å². The van der Waals surface area contributed by atoms with Crippen molar-refractivity contribution >= 4 is 5.91 Å². The Balaban J connectivity index is 1.44. The second kappa shape index (κ2) is 5.33. The summed E-state index contributed by atoms with van der Waals surface area (Å²) in [6.07, 6.45) is 9.01. The first-order valence-electron chi connectivity index (χ1n) is 9.02. The van der Waals surface area contributed by atoms with Crippen molar-refractivity contribution in [2.75, 3.05) is 26.2 Å². The van der Waals surface area contributed by atoms with E-state index in [9.17, 15) is 4.79 Å². The standard InChI is InChI=1S/C18H28N4O/c1-17-10-19-11-18(17,2)13-21(12-17)16(23)15-7-20-22(9-15)8-14-5-3-4-6-14/h7,9,14,19H,3-6,8,10-13H2,1-2H3/t17-,18+. The van der Waals surface area contributed by atoms with Crippen LogP contribution in [0.2, 0.25) is 0 Å². The molecule has 23 heavy (non-hydrogen) atoms. The Labute approximate surface area is 138 Å². The first-order chi connectivity index (χ1) is 11.0. The van der Waals surface area contributed by atoms with Crippen LogP contribution in [0.3, 0.4) is 0 Å². The molecule has 1 N–H and O–H groups in total. The van der Waals surface area contributed by atoms with Gasteiger partial charge in [0, 0.05) is 49.8 Å². The van der Waals surface area contributed by atoms with Crippen LogP contribution in [-0.4, -0.2) is 46.8 Å². The lowest BCUT2D eigenvalue weighted by Crippen LogP contribution is -2.34. The van der Waals surface area contributed by atoms with Crippen LogP contribution in [0.5, 0.6) is 0 Å². The maximum atomic E-state index is 12.9. The number of nitrogens with one attached hydrogen (secondary N) is 1. The largest absolute Gasteiger partial charge is 0.337 e. The molecule has 1 saturated carbocycles. The zero-order chi connectivity index (χ0) is 16.1. The van der Waals surface area contributed by atoms with Gasteiger partial charge in [-0.3, -0.25) is 9.48 Å². The van der Waals surface area contributed by atoms with Gasteiger partial charge in [-0.25, -0.2) is 0 Å². The minimum Gasteiger partial charge on any atom is -0.337 e. The number of aromatic nitrogens is 2. The summed E-state index contributed by atoms with van der Waals surface area (Å²) in [6, 6.07) is 0. The highest BCUT2D eigenvalue weighted by Gasteiger charge is 2.55. The molecule has 0 spiro atoms. The first-order valence-corrected chi connectivity index (χ1v) is 9.02. The summed E-state index contributed by atoms with van der Waals surface area (Å²) in [5.74, 6) is 0.896. The lowest BCUT2D eigenvalue weighted by atomic mass is 9.71. The van der Waals surface area contributed by atoms with Crippen molar-refractivity contribution in [1.29, 1.82) is 0 Å². The van der Waals surface area contributed by atoms with Gasteiger partial charge in [0.25, 0.3) is 5.91 Å². The summed E-state index contributed by atoms with van der Waals surface area (Å²) < 4.78 is 1.98. The molecule has 3 fully saturated rings. The average molecular weight is 316 g/mol. The van der Waals surface area contributed by atoms with Gasteiger partial charge in [0.2, 0.25) is 0 Å². The van der Waals surface area contributed by atoms with Crippen LogP contribution < -0.4 is 5.32 Å². The van der Waals surface area contributed by atoms with Crippen LogP contribution in [0.15, 0.2) is 12.4 Å². The summed E-state index contributed by atoms with van der Waals surface area (Å²) >= 11 is 0. The first kappa shape index (κ1) is 15.2. The molecule has 5 nitrogen and oxygen atoms in total. The fraction of sp³-hybridized carbons (Fsp3) is 0.778. The zero-order valence-electron chi connectivity index (χ0n) is 14.3. The Bertz CT molecular complexity index is 588. The molecule has 1 aromatic rings. The highest BCUT2D eigenvalue weighted by molar-refractivity contribution is 5.94. The molecule has 1 aliphatic carbocycles. The van der Waals surface area contributed by atoms with E-state index < -0.39 is 0 Å². The number of nitrogens with zero attached hydrogens (tertiary/aromatic N) is 3. The summed E-state index contributed by atoms with van der Waals surface area (Å²) in [5.41, 5.74) is 1.15. The lowest BCUT2D eigenvalue weighted by Gasteiger charge is -2.30. The van der Waals surface area contributed by atoms with Crippen molar-refractivity contribution in [3.05, 3.63) is 18.0 Å². The van der Waals surface area contributed by atoms with E-state index in [1.807, 2.05) is 15.8 Å². The van der Waals surface area contributed by atoms with Gasteiger partial charge in [-0.1, -0.05) is 26.7 Å². The van der Waals surface area contributed by atoms with Gasteiger partial charge >= 0.3 is 0 Å². The maximum absolute atomic E-state index is 12.9. The van der Waals surface area contributed by atoms with Crippen molar-refractivity contribution in [1.82, 2.24) is 20.0 Å². The number of carbonyl (C=O) groups is 1. The molecular weight excluding hydrogens is 288 g/mol. The van der Waals surface area contributed by atoms with Crippen LogP contribution >= 0.6 is 0 Å². The van der Waals surface area contributed by atoms with Crippen molar-refractivity contribution in [2.45, 2.75) is 46.1 Å². The van der Waals surface area contributed by atoms with E-state index in [4.69, 9.17) is 0 Å². The van der Waals surface area contributed by atoms with Crippen LogP contribution in [-0.2, 0) is 6.54 Å². The SMILES string of the molecule is C[C@@]12CNC[C@]1(C)CN(C(=O)c1cnn(CC3CCCC3)c1)C2. The summed E-state index contributed by atoms with van der Waals surface area (Å²) in [7, 11) is 0. The fourth-order valence-corrected chi connectivity index (χ4v) is 4.79. The van der Waals surface area contributed by atoms with Crippen molar-refractivity contribution in [2.24, 2.45) is 16.7 Å². The number of carbonyl (C=O) groups excluding carboxylic acids is 1. The molecule has 1 amide bonds. The molecule has 2 aliphatic heterocycles. The predicted molar refractivity (Wildman–Crippen MR) is 89.2 cm³/mol. The summed E-state index contributed by atoms with van der Waals surface area (Å²) in [5, 5.41) is 7.93. The molecule has 126 valence electrons.